The second kappa shape index (κ2) is 10.4. The molecule has 0 spiro atoms. The number of hydrogen-bond acceptors (Lipinski definition) is 5. The summed E-state index contributed by atoms with van der Waals surface area (Å²) < 4.78 is 18.6. The Labute approximate surface area is 195 Å². The van der Waals surface area contributed by atoms with E-state index in [9.17, 15) is 9.18 Å². The van der Waals surface area contributed by atoms with Crippen molar-refractivity contribution in [3.05, 3.63) is 101 Å². The van der Waals surface area contributed by atoms with Crippen molar-refractivity contribution in [2.24, 2.45) is 0 Å². The monoisotopic (exact) mass is 464 g/mol. The molecule has 3 aromatic carbocycles. The van der Waals surface area contributed by atoms with E-state index in [1.54, 1.807) is 24.3 Å². The summed E-state index contributed by atoms with van der Waals surface area (Å²) in [6, 6.07) is 20.8. The molecule has 0 aliphatic heterocycles. The van der Waals surface area contributed by atoms with Gasteiger partial charge in [-0.3, -0.25) is 4.79 Å². The average Bonchev–Trinajstić information content (AvgIpc) is 2.83. The van der Waals surface area contributed by atoms with Crippen LogP contribution in [0.4, 0.5) is 10.2 Å². The number of hydrogen-bond donors (Lipinski definition) is 2. The predicted molar refractivity (Wildman–Crippen MR) is 126 cm³/mol. The van der Waals surface area contributed by atoms with Crippen LogP contribution in [0, 0.1) is 5.82 Å². The van der Waals surface area contributed by atoms with Gasteiger partial charge in [-0.1, -0.05) is 54.1 Å². The Bertz CT molecular complexity index is 1250. The molecule has 0 saturated heterocycles. The summed E-state index contributed by atoms with van der Waals surface area (Å²) in [6.45, 7) is 0.555. The van der Waals surface area contributed by atoms with Crippen molar-refractivity contribution in [1.29, 1.82) is 0 Å². The molecule has 0 fully saturated rings. The quantitative estimate of drug-likeness (QED) is 0.382. The van der Waals surface area contributed by atoms with Gasteiger partial charge in [0.1, 0.15) is 11.6 Å². The number of nitrogens with zero attached hydrogens (tertiary/aromatic N) is 2. The molecule has 0 radical (unpaired) electrons. The molecule has 0 aliphatic rings. The lowest BCUT2D eigenvalue weighted by Crippen LogP contribution is -2.30. The van der Waals surface area contributed by atoms with E-state index in [1.165, 1.54) is 19.2 Å². The number of halogens is 2. The van der Waals surface area contributed by atoms with Gasteiger partial charge in [0, 0.05) is 24.1 Å². The summed E-state index contributed by atoms with van der Waals surface area (Å²) in [6.07, 6.45) is -0.739. The number of carbonyl (C=O) groups excluding carboxylic acids is 1. The molecule has 0 bridgehead atoms. The normalized spacial score (nSPS) is 11.8. The molecule has 33 heavy (non-hydrogen) atoms. The first kappa shape index (κ1) is 22.6. The third-order valence-corrected chi connectivity index (χ3v) is 5.31. The number of fused-ring (bicyclic) bond motifs is 1. The van der Waals surface area contributed by atoms with Gasteiger partial charge in [-0.15, -0.1) is 0 Å². The molecule has 0 saturated carbocycles. The van der Waals surface area contributed by atoms with Crippen molar-refractivity contribution in [2.75, 3.05) is 12.4 Å². The summed E-state index contributed by atoms with van der Waals surface area (Å²) >= 11 is 6.16. The first-order valence-electron chi connectivity index (χ1n) is 10.3. The van der Waals surface area contributed by atoms with Crippen LogP contribution in [0.5, 0.6) is 0 Å². The van der Waals surface area contributed by atoms with Gasteiger partial charge in [-0.25, -0.2) is 14.4 Å². The smallest absolute Gasteiger partial charge is 0.254 e. The lowest BCUT2D eigenvalue weighted by atomic mass is 10.1. The fraction of sp³-hybridized carbons (Fsp3) is 0.160. The van der Waals surface area contributed by atoms with Crippen molar-refractivity contribution >= 4 is 34.2 Å². The molecule has 1 amide bonds. The van der Waals surface area contributed by atoms with Crippen molar-refractivity contribution in [2.45, 2.75) is 19.2 Å². The van der Waals surface area contributed by atoms with Crippen LogP contribution in [0.3, 0.4) is 0 Å². The molecule has 1 aromatic heterocycles. The van der Waals surface area contributed by atoms with Gasteiger partial charge in [0.25, 0.3) is 5.91 Å². The maximum atomic E-state index is 13.2. The van der Waals surface area contributed by atoms with Crippen molar-refractivity contribution in [1.82, 2.24) is 15.3 Å². The second-order valence-corrected chi connectivity index (χ2v) is 7.81. The highest BCUT2D eigenvalue weighted by Gasteiger charge is 2.20. The Morgan fingerprint density at radius 1 is 1.03 bits per heavy atom. The molecule has 168 valence electrons. The van der Waals surface area contributed by atoms with Crippen molar-refractivity contribution in [3.8, 4) is 0 Å². The number of carbonyl (C=O) groups is 1. The Balaban J connectivity index is 1.54. The van der Waals surface area contributed by atoms with Crippen LogP contribution in [0.15, 0.2) is 72.8 Å². The molecule has 4 rings (SSSR count). The fourth-order valence-electron chi connectivity index (χ4n) is 3.43. The molecule has 1 atom stereocenters. The molecule has 8 heteroatoms. The molecule has 2 N–H and O–H groups in total. The Morgan fingerprint density at radius 3 is 2.52 bits per heavy atom. The second-order valence-electron chi connectivity index (χ2n) is 7.37. The summed E-state index contributed by atoms with van der Waals surface area (Å²) in [7, 11) is 1.49. The van der Waals surface area contributed by atoms with E-state index in [0.29, 0.717) is 28.7 Å². The fourth-order valence-corrected chi connectivity index (χ4v) is 3.60. The summed E-state index contributed by atoms with van der Waals surface area (Å²) in [5, 5.41) is 7.45. The minimum Gasteiger partial charge on any atom is -0.367 e. The Morgan fingerprint density at radius 2 is 1.79 bits per heavy atom. The summed E-state index contributed by atoms with van der Waals surface area (Å²) in [4.78, 5) is 21.9. The zero-order chi connectivity index (χ0) is 23.2. The van der Waals surface area contributed by atoms with E-state index in [-0.39, 0.29) is 18.3 Å². The number of benzene rings is 3. The van der Waals surface area contributed by atoms with Crippen LogP contribution >= 0.6 is 11.6 Å². The highest BCUT2D eigenvalue weighted by molar-refractivity contribution is 6.31. The molecule has 6 nitrogen and oxygen atoms in total. The Kier molecular flexibility index (Phi) is 7.12. The third kappa shape index (κ3) is 5.63. The molecule has 1 unspecified atom stereocenters. The first-order valence-corrected chi connectivity index (χ1v) is 10.7. The number of nitrogens with one attached hydrogen (secondary N) is 2. The van der Waals surface area contributed by atoms with Crippen LogP contribution in [0.2, 0.25) is 5.02 Å². The van der Waals surface area contributed by atoms with Gasteiger partial charge in [0.2, 0.25) is 0 Å². The summed E-state index contributed by atoms with van der Waals surface area (Å²) in [5.41, 5.74) is 2.30. The van der Waals surface area contributed by atoms with Gasteiger partial charge in [-0.05, 0) is 41.5 Å². The van der Waals surface area contributed by atoms with Gasteiger partial charge in [0.15, 0.2) is 11.9 Å². The first-order chi connectivity index (χ1) is 16.0. The standard InChI is InChI=1S/C25H22ClFN4O2/c1-33-23(17-5-3-2-4-6-17)25(32)29-15-22-30-21-13-18(26)9-12-20(21)24(31-22)28-14-16-7-10-19(27)11-8-16/h2-13,23H,14-15H2,1H3,(H,29,32)(H,28,30,31). The predicted octanol–water partition coefficient (Wildman–Crippen LogP) is 5.04. The van der Waals surface area contributed by atoms with Crippen LogP contribution in [-0.4, -0.2) is 23.0 Å². The molecule has 4 aromatic rings. The lowest BCUT2D eigenvalue weighted by molar-refractivity contribution is -0.131. The number of methoxy groups -OCH3 is 1. The SMILES string of the molecule is COC(C(=O)NCc1nc(NCc2ccc(F)cc2)c2ccc(Cl)cc2n1)c1ccccc1. The minimum absolute atomic E-state index is 0.110. The lowest BCUT2D eigenvalue weighted by Gasteiger charge is -2.16. The molecule has 1 heterocycles. The highest BCUT2D eigenvalue weighted by Crippen LogP contribution is 2.24. The summed E-state index contributed by atoms with van der Waals surface area (Å²) in [5.74, 6) is 0.433. The number of ether oxygens (including phenoxy) is 1. The van der Waals surface area contributed by atoms with Crippen LogP contribution in [-0.2, 0) is 22.6 Å². The zero-order valence-electron chi connectivity index (χ0n) is 17.9. The largest absolute Gasteiger partial charge is 0.367 e. The number of rotatable bonds is 8. The third-order valence-electron chi connectivity index (χ3n) is 5.08. The Hall–Kier alpha value is -3.55. The number of anilines is 1. The average molecular weight is 465 g/mol. The van der Waals surface area contributed by atoms with Crippen LogP contribution in [0.1, 0.15) is 23.1 Å². The molecule has 0 aliphatic carbocycles. The maximum Gasteiger partial charge on any atom is 0.254 e. The maximum absolute atomic E-state index is 13.2. The van der Waals surface area contributed by atoms with Crippen LogP contribution < -0.4 is 10.6 Å². The van der Waals surface area contributed by atoms with Crippen molar-refractivity contribution in [3.63, 3.8) is 0 Å². The number of amides is 1. The zero-order valence-corrected chi connectivity index (χ0v) is 18.6. The van der Waals surface area contributed by atoms with Gasteiger partial charge in [-0.2, -0.15) is 0 Å². The number of aromatic nitrogens is 2. The highest BCUT2D eigenvalue weighted by atomic mass is 35.5. The van der Waals surface area contributed by atoms with E-state index < -0.39 is 6.10 Å². The van der Waals surface area contributed by atoms with Crippen LogP contribution in [0.25, 0.3) is 10.9 Å². The van der Waals surface area contributed by atoms with E-state index in [0.717, 1.165) is 16.5 Å². The van der Waals surface area contributed by atoms with E-state index >= 15 is 0 Å². The topological polar surface area (TPSA) is 76.1 Å². The van der Waals surface area contributed by atoms with E-state index in [1.807, 2.05) is 36.4 Å². The minimum atomic E-state index is -0.739. The molecular weight excluding hydrogens is 443 g/mol. The molecular formula is C25H22ClFN4O2. The van der Waals surface area contributed by atoms with Gasteiger partial charge in [0.05, 0.1) is 12.1 Å². The van der Waals surface area contributed by atoms with Gasteiger partial charge < -0.3 is 15.4 Å². The van der Waals surface area contributed by atoms with E-state index in [4.69, 9.17) is 16.3 Å². The van der Waals surface area contributed by atoms with E-state index in [2.05, 4.69) is 20.6 Å². The van der Waals surface area contributed by atoms with Gasteiger partial charge >= 0.3 is 0 Å². The van der Waals surface area contributed by atoms with Crippen molar-refractivity contribution < 1.29 is 13.9 Å².